The molecule has 0 radical (unpaired) electrons. The van der Waals surface area contributed by atoms with Gasteiger partial charge in [-0.3, -0.25) is 4.68 Å². The fourth-order valence-electron chi connectivity index (χ4n) is 2.55. The molecule has 1 aromatic heterocycles. The maximum Gasteiger partial charge on any atom is 0.0695 e. The van der Waals surface area contributed by atoms with Gasteiger partial charge in [0, 0.05) is 7.05 Å². The van der Waals surface area contributed by atoms with E-state index < -0.39 is 0 Å². The highest BCUT2D eigenvalue weighted by Crippen LogP contribution is 2.32. The Bertz CT molecular complexity index is 329. The molecule has 4 heteroatoms. The summed E-state index contributed by atoms with van der Waals surface area (Å²) in [6, 6.07) is 0.397. The van der Waals surface area contributed by atoms with E-state index >= 15 is 0 Å². The van der Waals surface area contributed by atoms with E-state index in [0.717, 1.165) is 11.0 Å². The van der Waals surface area contributed by atoms with Crippen molar-refractivity contribution >= 4 is 15.9 Å². The highest BCUT2D eigenvalue weighted by atomic mass is 79.9. The Morgan fingerprint density at radius 3 is 2.56 bits per heavy atom. The molecular formula is C14H26BrN3. The number of aromatic nitrogens is 2. The Hall–Kier alpha value is -0.350. The maximum absolute atomic E-state index is 4.35. The second kappa shape index (κ2) is 7.95. The molecular weight excluding hydrogens is 290 g/mol. The first-order valence-corrected chi connectivity index (χ1v) is 7.85. The zero-order valence-electron chi connectivity index (χ0n) is 12.0. The van der Waals surface area contributed by atoms with E-state index in [1.165, 1.54) is 31.4 Å². The average molecular weight is 316 g/mol. The van der Waals surface area contributed by atoms with Crippen LogP contribution in [0.5, 0.6) is 0 Å². The van der Waals surface area contributed by atoms with E-state index in [9.17, 15) is 0 Å². The summed E-state index contributed by atoms with van der Waals surface area (Å²) >= 11 is 3.63. The molecule has 1 rings (SSSR count). The van der Waals surface area contributed by atoms with Crippen LogP contribution in [0, 0.1) is 5.92 Å². The standard InChI is InChI=1S/C14H26BrN3/c1-5-8-9-11(6-2)13(16-7-3)14-12(15)10-17-18(14)4/h10-11,13,16H,5-9H2,1-4H3. The molecule has 0 aromatic carbocycles. The van der Waals surface area contributed by atoms with Gasteiger partial charge in [0.05, 0.1) is 22.4 Å². The average Bonchev–Trinajstić information content (AvgIpc) is 2.69. The van der Waals surface area contributed by atoms with Gasteiger partial charge in [0.25, 0.3) is 0 Å². The Labute approximate surface area is 119 Å². The molecule has 0 amide bonds. The summed E-state index contributed by atoms with van der Waals surface area (Å²) in [5.41, 5.74) is 1.28. The van der Waals surface area contributed by atoms with Crippen molar-refractivity contribution in [3.8, 4) is 0 Å². The molecule has 1 heterocycles. The number of nitrogens with zero attached hydrogens (tertiary/aromatic N) is 2. The van der Waals surface area contributed by atoms with E-state index in [0.29, 0.717) is 12.0 Å². The Morgan fingerprint density at radius 2 is 2.11 bits per heavy atom. The number of halogens is 1. The van der Waals surface area contributed by atoms with Gasteiger partial charge in [-0.05, 0) is 34.8 Å². The molecule has 1 N–H and O–H groups in total. The summed E-state index contributed by atoms with van der Waals surface area (Å²) in [5, 5.41) is 7.98. The van der Waals surface area contributed by atoms with Gasteiger partial charge in [-0.1, -0.05) is 40.0 Å². The lowest BCUT2D eigenvalue weighted by molar-refractivity contribution is 0.314. The minimum absolute atomic E-state index is 0.397. The van der Waals surface area contributed by atoms with Crippen LogP contribution >= 0.6 is 15.9 Å². The molecule has 18 heavy (non-hydrogen) atoms. The van der Waals surface area contributed by atoms with Crippen LogP contribution in [0.4, 0.5) is 0 Å². The minimum atomic E-state index is 0.397. The predicted molar refractivity (Wildman–Crippen MR) is 80.6 cm³/mol. The first-order chi connectivity index (χ1) is 8.65. The van der Waals surface area contributed by atoms with Crippen molar-refractivity contribution in [1.29, 1.82) is 0 Å². The van der Waals surface area contributed by atoms with Gasteiger partial charge < -0.3 is 5.32 Å². The summed E-state index contributed by atoms with van der Waals surface area (Å²) in [6.07, 6.45) is 6.95. The molecule has 0 saturated heterocycles. The molecule has 3 nitrogen and oxygen atoms in total. The van der Waals surface area contributed by atoms with Gasteiger partial charge in [0.1, 0.15) is 0 Å². The monoisotopic (exact) mass is 315 g/mol. The maximum atomic E-state index is 4.35. The second-order valence-electron chi connectivity index (χ2n) is 4.85. The van der Waals surface area contributed by atoms with E-state index in [2.05, 4.69) is 47.1 Å². The zero-order valence-corrected chi connectivity index (χ0v) is 13.6. The molecule has 0 aliphatic heterocycles. The van der Waals surface area contributed by atoms with Crippen molar-refractivity contribution in [2.24, 2.45) is 13.0 Å². The molecule has 0 bridgehead atoms. The van der Waals surface area contributed by atoms with Crippen LogP contribution in [0.15, 0.2) is 10.7 Å². The number of rotatable bonds is 8. The van der Waals surface area contributed by atoms with Crippen molar-refractivity contribution in [2.75, 3.05) is 6.54 Å². The van der Waals surface area contributed by atoms with Crippen molar-refractivity contribution in [1.82, 2.24) is 15.1 Å². The lowest BCUT2D eigenvalue weighted by atomic mass is 9.89. The summed E-state index contributed by atoms with van der Waals surface area (Å²) in [6.45, 7) is 7.71. The zero-order chi connectivity index (χ0) is 13.5. The molecule has 1 aromatic rings. The Morgan fingerprint density at radius 1 is 1.39 bits per heavy atom. The highest BCUT2D eigenvalue weighted by molar-refractivity contribution is 9.10. The van der Waals surface area contributed by atoms with E-state index in [-0.39, 0.29) is 0 Å². The summed E-state index contributed by atoms with van der Waals surface area (Å²) in [7, 11) is 2.02. The quantitative estimate of drug-likeness (QED) is 0.784. The molecule has 0 aliphatic rings. The van der Waals surface area contributed by atoms with Gasteiger partial charge in [-0.2, -0.15) is 5.10 Å². The van der Waals surface area contributed by atoms with Crippen LogP contribution in [-0.4, -0.2) is 16.3 Å². The Balaban J connectivity index is 2.92. The first-order valence-electron chi connectivity index (χ1n) is 7.06. The van der Waals surface area contributed by atoms with E-state index in [4.69, 9.17) is 0 Å². The van der Waals surface area contributed by atoms with Crippen LogP contribution in [0.3, 0.4) is 0 Å². The van der Waals surface area contributed by atoms with Gasteiger partial charge >= 0.3 is 0 Å². The number of nitrogens with one attached hydrogen (secondary N) is 1. The highest BCUT2D eigenvalue weighted by Gasteiger charge is 2.25. The van der Waals surface area contributed by atoms with E-state index in [1.54, 1.807) is 0 Å². The number of hydrogen-bond acceptors (Lipinski definition) is 2. The lowest BCUT2D eigenvalue weighted by Crippen LogP contribution is -2.30. The minimum Gasteiger partial charge on any atom is -0.309 e. The van der Waals surface area contributed by atoms with Gasteiger partial charge in [-0.25, -0.2) is 0 Å². The molecule has 0 saturated carbocycles. The predicted octanol–water partition coefficient (Wildman–Crippen LogP) is 4.05. The van der Waals surface area contributed by atoms with Crippen LogP contribution in [0.2, 0.25) is 0 Å². The molecule has 0 spiro atoms. The third kappa shape index (κ3) is 3.82. The van der Waals surface area contributed by atoms with Crippen LogP contribution < -0.4 is 5.32 Å². The Kier molecular flexibility index (Phi) is 6.94. The van der Waals surface area contributed by atoms with Gasteiger partial charge in [-0.15, -0.1) is 0 Å². The number of unbranched alkanes of at least 4 members (excludes halogenated alkanes) is 1. The number of hydrogen-bond donors (Lipinski definition) is 1. The topological polar surface area (TPSA) is 29.9 Å². The molecule has 0 fully saturated rings. The van der Waals surface area contributed by atoms with Crippen molar-refractivity contribution < 1.29 is 0 Å². The van der Waals surface area contributed by atoms with Crippen LogP contribution in [-0.2, 0) is 7.05 Å². The largest absolute Gasteiger partial charge is 0.309 e. The third-order valence-electron chi connectivity index (χ3n) is 3.58. The normalized spacial score (nSPS) is 14.7. The van der Waals surface area contributed by atoms with Crippen molar-refractivity contribution in [2.45, 2.75) is 52.5 Å². The lowest BCUT2D eigenvalue weighted by Gasteiger charge is -2.27. The number of aryl methyl sites for hydroxylation is 1. The molecule has 2 atom stereocenters. The molecule has 0 aliphatic carbocycles. The third-order valence-corrected chi connectivity index (χ3v) is 4.19. The molecule has 2 unspecified atom stereocenters. The summed E-state index contributed by atoms with van der Waals surface area (Å²) in [5.74, 6) is 0.677. The smallest absolute Gasteiger partial charge is 0.0695 e. The fraction of sp³-hybridized carbons (Fsp3) is 0.786. The van der Waals surface area contributed by atoms with Crippen LogP contribution in [0.1, 0.15) is 58.2 Å². The van der Waals surface area contributed by atoms with Crippen LogP contribution in [0.25, 0.3) is 0 Å². The SMILES string of the molecule is CCCCC(CC)C(NCC)c1c(Br)cnn1C. The second-order valence-corrected chi connectivity index (χ2v) is 5.70. The van der Waals surface area contributed by atoms with Crippen molar-refractivity contribution in [3.63, 3.8) is 0 Å². The first kappa shape index (κ1) is 15.7. The molecule has 104 valence electrons. The summed E-state index contributed by atoms with van der Waals surface area (Å²) in [4.78, 5) is 0. The van der Waals surface area contributed by atoms with Crippen molar-refractivity contribution in [3.05, 3.63) is 16.4 Å². The van der Waals surface area contributed by atoms with E-state index in [1.807, 2.05) is 17.9 Å². The van der Waals surface area contributed by atoms with Gasteiger partial charge in [0.15, 0.2) is 0 Å². The summed E-state index contributed by atoms with van der Waals surface area (Å²) < 4.78 is 3.11. The van der Waals surface area contributed by atoms with Gasteiger partial charge in [0.2, 0.25) is 0 Å². The fourth-order valence-corrected chi connectivity index (χ4v) is 3.14.